The molecular formula is C18H19ClN4O. The third-order valence-electron chi connectivity index (χ3n) is 4.49. The molecule has 3 aromatic rings. The molecular weight excluding hydrogens is 324 g/mol. The molecule has 0 N–H and O–H groups in total. The fourth-order valence-electron chi connectivity index (χ4n) is 3.30. The minimum atomic E-state index is 0.141. The van der Waals surface area contributed by atoms with Gasteiger partial charge in [-0.15, -0.1) is 0 Å². The molecule has 2 aromatic heterocycles. The molecule has 0 aliphatic carbocycles. The molecule has 1 saturated heterocycles. The molecule has 5 nitrogen and oxygen atoms in total. The summed E-state index contributed by atoms with van der Waals surface area (Å²) in [7, 11) is 0. The zero-order valence-electron chi connectivity index (χ0n) is 13.7. The Balaban J connectivity index is 1.75. The maximum absolute atomic E-state index is 6.10. The highest BCUT2D eigenvalue weighted by Gasteiger charge is 2.31. The van der Waals surface area contributed by atoms with Gasteiger partial charge in [0.15, 0.2) is 5.82 Å². The van der Waals surface area contributed by atoms with Gasteiger partial charge >= 0.3 is 0 Å². The summed E-state index contributed by atoms with van der Waals surface area (Å²) in [5, 5.41) is 6.02. The first-order valence-corrected chi connectivity index (χ1v) is 8.65. The lowest BCUT2D eigenvalue weighted by Crippen LogP contribution is -2.23. The van der Waals surface area contributed by atoms with Crippen LogP contribution in [-0.2, 0) is 0 Å². The van der Waals surface area contributed by atoms with Gasteiger partial charge in [0, 0.05) is 34.8 Å². The predicted molar refractivity (Wildman–Crippen MR) is 94.5 cm³/mol. The highest BCUT2D eigenvalue weighted by molar-refractivity contribution is 6.31. The van der Waals surface area contributed by atoms with Gasteiger partial charge < -0.3 is 9.42 Å². The Morgan fingerprint density at radius 1 is 1.29 bits per heavy atom. The van der Waals surface area contributed by atoms with Crippen molar-refractivity contribution in [3.63, 3.8) is 0 Å². The Kier molecular flexibility index (Phi) is 3.88. The summed E-state index contributed by atoms with van der Waals surface area (Å²) in [5.74, 6) is 1.71. The van der Waals surface area contributed by atoms with E-state index in [-0.39, 0.29) is 12.0 Å². The van der Waals surface area contributed by atoms with E-state index in [9.17, 15) is 0 Å². The molecule has 1 atom stereocenters. The molecule has 1 fully saturated rings. The first kappa shape index (κ1) is 15.4. The normalized spacial score (nSPS) is 18.0. The van der Waals surface area contributed by atoms with Crippen LogP contribution in [0, 0.1) is 0 Å². The third-order valence-corrected chi connectivity index (χ3v) is 4.73. The summed E-state index contributed by atoms with van der Waals surface area (Å²) in [6.07, 6.45) is 3.96. The van der Waals surface area contributed by atoms with E-state index in [0.29, 0.717) is 10.9 Å². The molecule has 24 heavy (non-hydrogen) atoms. The van der Waals surface area contributed by atoms with Gasteiger partial charge in [-0.1, -0.05) is 30.6 Å². The summed E-state index contributed by atoms with van der Waals surface area (Å²) in [6, 6.07) is 8.04. The summed E-state index contributed by atoms with van der Waals surface area (Å²) in [4.78, 5) is 11.4. The number of benzene rings is 1. The Morgan fingerprint density at radius 3 is 2.96 bits per heavy atom. The van der Waals surface area contributed by atoms with E-state index >= 15 is 0 Å². The second-order valence-corrected chi connectivity index (χ2v) is 6.92. The monoisotopic (exact) mass is 342 g/mol. The van der Waals surface area contributed by atoms with Gasteiger partial charge in [0.05, 0.1) is 11.6 Å². The molecule has 1 unspecified atom stereocenters. The minimum Gasteiger partial charge on any atom is -0.361 e. The molecule has 0 bridgehead atoms. The van der Waals surface area contributed by atoms with Gasteiger partial charge in [-0.05, 0) is 37.1 Å². The fraction of sp³-hybridized carbons (Fsp3) is 0.389. The summed E-state index contributed by atoms with van der Waals surface area (Å²) in [6.45, 7) is 5.09. The lowest BCUT2D eigenvalue weighted by atomic mass is 10.1. The van der Waals surface area contributed by atoms with E-state index in [2.05, 4.69) is 39.9 Å². The largest absolute Gasteiger partial charge is 0.361 e. The van der Waals surface area contributed by atoms with Crippen molar-refractivity contribution in [2.45, 2.75) is 38.6 Å². The first-order chi connectivity index (χ1) is 11.6. The van der Waals surface area contributed by atoms with Gasteiger partial charge in [0.2, 0.25) is 5.89 Å². The van der Waals surface area contributed by atoms with E-state index in [1.54, 1.807) is 0 Å². The molecule has 0 radical (unpaired) electrons. The van der Waals surface area contributed by atoms with Crippen molar-refractivity contribution in [3.05, 3.63) is 47.2 Å². The number of hydrogen-bond donors (Lipinski definition) is 0. The lowest BCUT2D eigenvalue weighted by molar-refractivity contribution is 0.358. The second-order valence-electron chi connectivity index (χ2n) is 6.49. The Hall–Kier alpha value is -2.14. The first-order valence-electron chi connectivity index (χ1n) is 8.28. The number of rotatable bonds is 3. The molecule has 0 saturated carbocycles. The Morgan fingerprint density at radius 2 is 2.17 bits per heavy atom. The van der Waals surface area contributed by atoms with Crippen molar-refractivity contribution in [1.29, 1.82) is 0 Å². The minimum absolute atomic E-state index is 0.141. The number of hydrogen-bond acceptors (Lipinski definition) is 5. The van der Waals surface area contributed by atoms with E-state index in [1.165, 1.54) is 0 Å². The maximum atomic E-state index is 6.10. The van der Waals surface area contributed by atoms with Crippen LogP contribution in [0.3, 0.4) is 0 Å². The third kappa shape index (κ3) is 2.63. The molecule has 3 heterocycles. The van der Waals surface area contributed by atoms with Crippen molar-refractivity contribution >= 4 is 28.2 Å². The smallest absolute Gasteiger partial charge is 0.229 e. The quantitative estimate of drug-likeness (QED) is 0.688. The van der Waals surface area contributed by atoms with Gasteiger partial charge in [-0.2, -0.15) is 4.98 Å². The van der Waals surface area contributed by atoms with Crippen LogP contribution in [0.15, 0.2) is 35.0 Å². The van der Waals surface area contributed by atoms with Crippen LogP contribution in [-0.4, -0.2) is 21.7 Å². The number of pyridine rings is 1. The standard InChI is InChI=1S/C18H19ClN4O/c1-11(2)18-21-17(22-24-18)16-4-3-9-23(16)15-7-8-20-14-10-12(19)5-6-13(14)15/h5-8,10-11,16H,3-4,9H2,1-2H3. The van der Waals surface area contributed by atoms with Crippen molar-refractivity contribution < 1.29 is 4.52 Å². The van der Waals surface area contributed by atoms with Crippen LogP contribution < -0.4 is 4.90 Å². The molecule has 0 amide bonds. The van der Waals surface area contributed by atoms with Crippen molar-refractivity contribution in [1.82, 2.24) is 15.1 Å². The molecule has 124 valence electrons. The van der Waals surface area contributed by atoms with E-state index in [4.69, 9.17) is 16.1 Å². The van der Waals surface area contributed by atoms with E-state index < -0.39 is 0 Å². The molecule has 4 rings (SSSR count). The van der Waals surface area contributed by atoms with Crippen LogP contribution in [0.2, 0.25) is 5.02 Å². The van der Waals surface area contributed by atoms with Crippen LogP contribution in [0.1, 0.15) is 50.4 Å². The predicted octanol–water partition coefficient (Wildman–Crippen LogP) is 4.74. The summed E-state index contributed by atoms with van der Waals surface area (Å²) < 4.78 is 5.41. The zero-order chi connectivity index (χ0) is 16.7. The Labute approximate surface area is 145 Å². The van der Waals surface area contributed by atoms with Gasteiger partial charge in [-0.3, -0.25) is 4.98 Å². The Bertz CT molecular complexity index is 876. The number of halogens is 1. The number of fused-ring (bicyclic) bond motifs is 1. The van der Waals surface area contributed by atoms with Crippen LogP contribution >= 0.6 is 11.6 Å². The maximum Gasteiger partial charge on any atom is 0.229 e. The van der Waals surface area contributed by atoms with Crippen LogP contribution in [0.5, 0.6) is 0 Å². The molecule has 6 heteroatoms. The number of aromatic nitrogens is 3. The molecule has 1 aromatic carbocycles. The molecule has 1 aliphatic heterocycles. The average molecular weight is 343 g/mol. The van der Waals surface area contributed by atoms with Crippen molar-refractivity contribution in [2.75, 3.05) is 11.4 Å². The summed E-state index contributed by atoms with van der Waals surface area (Å²) >= 11 is 6.10. The SMILES string of the molecule is CC(C)c1nc(C2CCCN2c2ccnc3cc(Cl)ccc23)no1. The van der Waals surface area contributed by atoms with Crippen molar-refractivity contribution in [3.8, 4) is 0 Å². The van der Waals surface area contributed by atoms with Gasteiger partial charge in [-0.25, -0.2) is 0 Å². The lowest BCUT2D eigenvalue weighted by Gasteiger charge is -2.25. The molecule has 0 spiro atoms. The number of nitrogens with zero attached hydrogens (tertiary/aromatic N) is 4. The van der Waals surface area contributed by atoms with Crippen LogP contribution in [0.4, 0.5) is 5.69 Å². The molecule has 1 aliphatic rings. The van der Waals surface area contributed by atoms with Crippen molar-refractivity contribution in [2.24, 2.45) is 0 Å². The number of anilines is 1. The van der Waals surface area contributed by atoms with E-state index in [0.717, 1.165) is 41.8 Å². The van der Waals surface area contributed by atoms with Crippen LogP contribution in [0.25, 0.3) is 10.9 Å². The highest BCUT2D eigenvalue weighted by Crippen LogP contribution is 2.38. The van der Waals surface area contributed by atoms with Gasteiger partial charge in [0.1, 0.15) is 0 Å². The highest BCUT2D eigenvalue weighted by atomic mass is 35.5. The fourth-order valence-corrected chi connectivity index (χ4v) is 3.46. The second kappa shape index (κ2) is 6.06. The average Bonchev–Trinajstić information content (AvgIpc) is 3.22. The zero-order valence-corrected chi connectivity index (χ0v) is 14.5. The topological polar surface area (TPSA) is 55.1 Å². The van der Waals surface area contributed by atoms with E-state index in [1.807, 2.05) is 24.4 Å². The summed E-state index contributed by atoms with van der Waals surface area (Å²) in [5.41, 5.74) is 2.05. The van der Waals surface area contributed by atoms with Gasteiger partial charge in [0.25, 0.3) is 0 Å².